The molecule has 5 nitrogen and oxygen atoms in total. The van der Waals surface area contributed by atoms with Crippen molar-refractivity contribution in [3.05, 3.63) is 28.8 Å². The molecular weight excluding hydrogens is 248 g/mol. The molecule has 1 unspecified atom stereocenters. The smallest absolute Gasteiger partial charge is 0.307 e. The van der Waals surface area contributed by atoms with Crippen molar-refractivity contribution in [2.75, 3.05) is 7.11 Å². The van der Waals surface area contributed by atoms with Crippen molar-refractivity contribution >= 4 is 11.9 Å². The van der Waals surface area contributed by atoms with E-state index in [1.165, 1.54) is 7.11 Å². The summed E-state index contributed by atoms with van der Waals surface area (Å²) in [6, 6.07) is 3.69. The number of carbonyl (C=O) groups is 2. The molecule has 104 valence electrons. The Morgan fingerprint density at radius 2 is 1.79 bits per heavy atom. The van der Waals surface area contributed by atoms with Crippen LogP contribution < -0.4 is 4.74 Å². The maximum absolute atomic E-state index is 11.1. The number of rotatable bonds is 6. The van der Waals surface area contributed by atoms with Crippen LogP contribution in [0.4, 0.5) is 0 Å². The molecule has 0 amide bonds. The van der Waals surface area contributed by atoms with Crippen molar-refractivity contribution < 1.29 is 24.5 Å². The predicted molar refractivity (Wildman–Crippen MR) is 69.6 cm³/mol. The van der Waals surface area contributed by atoms with E-state index in [-0.39, 0.29) is 6.42 Å². The monoisotopic (exact) mass is 266 g/mol. The standard InChI is InChI=1S/C14H18O5/c1-8-4-10(12(19-3)5-9(8)2)6-11(14(17)18)7-13(15)16/h4-5,11H,6-7H2,1-3H3,(H,15,16)(H,17,18). The third-order valence-electron chi connectivity index (χ3n) is 3.13. The minimum absolute atomic E-state index is 0.145. The molecule has 0 radical (unpaired) electrons. The molecule has 0 bridgehead atoms. The van der Waals surface area contributed by atoms with Crippen LogP contribution in [0.2, 0.25) is 0 Å². The summed E-state index contributed by atoms with van der Waals surface area (Å²) in [4.78, 5) is 21.8. The van der Waals surface area contributed by atoms with Crippen LogP contribution in [0.15, 0.2) is 12.1 Å². The third-order valence-corrected chi connectivity index (χ3v) is 3.13. The summed E-state index contributed by atoms with van der Waals surface area (Å²) in [7, 11) is 1.51. The van der Waals surface area contributed by atoms with Crippen molar-refractivity contribution in [3.63, 3.8) is 0 Å². The van der Waals surface area contributed by atoms with Crippen molar-refractivity contribution in [3.8, 4) is 5.75 Å². The molecule has 0 spiro atoms. The Morgan fingerprint density at radius 3 is 2.26 bits per heavy atom. The van der Waals surface area contributed by atoms with Gasteiger partial charge in [0.15, 0.2) is 0 Å². The molecule has 0 fully saturated rings. The number of benzene rings is 1. The van der Waals surface area contributed by atoms with Gasteiger partial charge in [-0.3, -0.25) is 9.59 Å². The summed E-state index contributed by atoms with van der Waals surface area (Å²) in [6.07, 6.45) is -0.253. The molecule has 0 heterocycles. The lowest BCUT2D eigenvalue weighted by molar-refractivity contribution is -0.148. The Kier molecular flexibility index (Phi) is 4.92. The average Bonchev–Trinajstić information content (AvgIpc) is 2.31. The Hall–Kier alpha value is -2.04. The van der Waals surface area contributed by atoms with E-state index in [9.17, 15) is 9.59 Å². The van der Waals surface area contributed by atoms with Crippen LogP contribution in [0.3, 0.4) is 0 Å². The van der Waals surface area contributed by atoms with Crippen LogP contribution in [0, 0.1) is 19.8 Å². The molecule has 0 aliphatic heterocycles. The molecule has 1 aromatic carbocycles. The van der Waals surface area contributed by atoms with Gasteiger partial charge in [0.1, 0.15) is 5.75 Å². The highest BCUT2D eigenvalue weighted by Crippen LogP contribution is 2.26. The van der Waals surface area contributed by atoms with Crippen LogP contribution in [0.25, 0.3) is 0 Å². The fourth-order valence-electron chi connectivity index (χ4n) is 1.92. The summed E-state index contributed by atoms with van der Waals surface area (Å²) in [5, 5.41) is 17.8. The van der Waals surface area contributed by atoms with Gasteiger partial charge in [-0.15, -0.1) is 0 Å². The summed E-state index contributed by atoms with van der Waals surface area (Å²) in [5.41, 5.74) is 2.79. The van der Waals surface area contributed by atoms with Gasteiger partial charge >= 0.3 is 11.9 Å². The van der Waals surface area contributed by atoms with Crippen LogP contribution in [0.1, 0.15) is 23.1 Å². The van der Waals surface area contributed by atoms with E-state index in [1.807, 2.05) is 26.0 Å². The molecule has 5 heteroatoms. The Bertz CT molecular complexity index is 493. The van der Waals surface area contributed by atoms with Crippen LogP contribution >= 0.6 is 0 Å². The molecule has 0 aromatic heterocycles. The maximum atomic E-state index is 11.1. The molecule has 19 heavy (non-hydrogen) atoms. The lowest BCUT2D eigenvalue weighted by Gasteiger charge is -2.15. The lowest BCUT2D eigenvalue weighted by Crippen LogP contribution is -2.20. The van der Waals surface area contributed by atoms with Crippen molar-refractivity contribution in [2.45, 2.75) is 26.7 Å². The average molecular weight is 266 g/mol. The minimum Gasteiger partial charge on any atom is -0.496 e. The highest BCUT2D eigenvalue weighted by Gasteiger charge is 2.23. The second kappa shape index (κ2) is 6.22. The summed E-state index contributed by atoms with van der Waals surface area (Å²) in [6.45, 7) is 3.86. The van der Waals surface area contributed by atoms with E-state index >= 15 is 0 Å². The van der Waals surface area contributed by atoms with Gasteiger partial charge in [-0.25, -0.2) is 0 Å². The first kappa shape index (κ1) is 15.0. The van der Waals surface area contributed by atoms with E-state index in [4.69, 9.17) is 14.9 Å². The number of carboxylic acids is 2. The van der Waals surface area contributed by atoms with Crippen molar-refractivity contribution in [2.24, 2.45) is 5.92 Å². The number of hydrogen-bond donors (Lipinski definition) is 2. The fourth-order valence-corrected chi connectivity index (χ4v) is 1.92. The molecule has 2 N–H and O–H groups in total. The number of ether oxygens (including phenoxy) is 1. The maximum Gasteiger partial charge on any atom is 0.307 e. The summed E-state index contributed by atoms with van der Waals surface area (Å²) >= 11 is 0. The van der Waals surface area contributed by atoms with Crippen LogP contribution in [0.5, 0.6) is 5.75 Å². The highest BCUT2D eigenvalue weighted by molar-refractivity contribution is 5.78. The zero-order valence-corrected chi connectivity index (χ0v) is 11.3. The van der Waals surface area contributed by atoms with E-state index in [2.05, 4.69) is 0 Å². The first-order valence-corrected chi connectivity index (χ1v) is 5.93. The lowest BCUT2D eigenvalue weighted by atomic mass is 9.93. The number of hydrogen-bond acceptors (Lipinski definition) is 3. The SMILES string of the molecule is COc1cc(C)c(C)cc1CC(CC(=O)O)C(=O)O. The van der Waals surface area contributed by atoms with Gasteiger partial charge in [0, 0.05) is 0 Å². The molecule has 0 saturated carbocycles. The molecular formula is C14H18O5. The van der Waals surface area contributed by atoms with Gasteiger partial charge in [-0.2, -0.15) is 0 Å². The van der Waals surface area contributed by atoms with E-state index in [0.717, 1.165) is 16.7 Å². The van der Waals surface area contributed by atoms with Crippen molar-refractivity contribution in [1.29, 1.82) is 0 Å². The summed E-state index contributed by atoms with van der Waals surface area (Å²) in [5.74, 6) is -2.58. The second-order valence-corrected chi connectivity index (χ2v) is 4.59. The number of carboxylic acid groups (broad SMARTS) is 2. The molecule has 0 aliphatic carbocycles. The van der Waals surface area contributed by atoms with Gasteiger partial charge in [-0.1, -0.05) is 6.07 Å². The Balaban J connectivity index is 3.04. The van der Waals surface area contributed by atoms with Crippen molar-refractivity contribution in [1.82, 2.24) is 0 Å². The number of aryl methyl sites for hydroxylation is 2. The highest BCUT2D eigenvalue weighted by atomic mass is 16.5. The van der Waals surface area contributed by atoms with Gasteiger partial charge < -0.3 is 14.9 Å². The third kappa shape index (κ3) is 3.98. The zero-order valence-electron chi connectivity index (χ0n) is 11.3. The van der Waals surface area contributed by atoms with E-state index in [1.54, 1.807) is 0 Å². The quantitative estimate of drug-likeness (QED) is 0.823. The Labute approximate surface area is 111 Å². The zero-order chi connectivity index (χ0) is 14.6. The Morgan fingerprint density at radius 1 is 1.21 bits per heavy atom. The van der Waals surface area contributed by atoms with E-state index in [0.29, 0.717) is 5.75 Å². The van der Waals surface area contributed by atoms with Gasteiger partial charge in [-0.05, 0) is 43.0 Å². The van der Waals surface area contributed by atoms with E-state index < -0.39 is 24.3 Å². The molecule has 1 rings (SSSR count). The molecule has 1 atom stereocenters. The molecule has 0 aliphatic rings. The largest absolute Gasteiger partial charge is 0.496 e. The first-order valence-electron chi connectivity index (χ1n) is 5.93. The van der Waals surface area contributed by atoms with Gasteiger partial charge in [0.05, 0.1) is 19.4 Å². The number of methoxy groups -OCH3 is 1. The van der Waals surface area contributed by atoms with Gasteiger partial charge in [0.25, 0.3) is 0 Å². The predicted octanol–water partition coefficient (Wildman–Crippen LogP) is 2.03. The normalized spacial score (nSPS) is 11.9. The summed E-state index contributed by atoms with van der Waals surface area (Å²) < 4.78 is 5.23. The topological polar surface area (TPSA) is 83.8 Å². The molecule has 1 aromatic rings. The van der Waals surface area contributed by atoms with Crippen LogP contribution in [-0.2, 0) is 16.0 Å². The fraction of sp³-hybridized carbons (Fsp3) is 0.429. The van der Waals surface area contributed by atoms with Crippen LogP contribution in [-0.4, -0.2) is 29.3 Å². The molecule has 0 saturated heterocycles. The minimum atomic E-state index is -1.12. The first-order chi connectivity index (χ1) is 8.85. The number of aliphatic carboxylic acids is 2. The van der Waals surface area contributed by atoms with Gasteiger partial charge in [0.2, 0.25) is 0 Å². The second-order valence-electron chi connectivity index (χ2n) is 4.59.